The molecule has 5 rings (SSSR count). The molecule has 2 aliphatic rings. The molecule has 0 aromatic heterocycles. The Morgan fingerprint density at radius 3 is 2.53 bits per heavy atom. The molecule has 0 unspecified atom stereocenters. The first-order valence-electron chi connectivity index (χ1n) is 10.4. The summed E-state index contributed by atoms with van der Waals surface area (Å²) < 4.78 is 17.3. The number of ether oxygens (including phenoxy) is 3. The highest BCUT2D eigenvalue weighted by atomic mass is 16.5. The van der Waals surface area contributed by atoms with Gasteiger partial charge in [0.05, 0.1) is 26.0 Å². The summed E-state index contributed by atoms with van der Waals surface area (Å²) in [4.78, 5) is 0. The Bertz CT molecular complexity index is 1220. The van der Waals surface area contributed by atoms with Gasteiger partial charge in [-0.05, 0) is 43.3 Å². The van der Waals surface area contributed by atoms with Crippen molar-refractivity contribution in [3.8, 4) is 28.7 Å². The highest BCUT2D eigenvalue weighted by Gasteiger charge is 2.42. The van der Waals surface area contributed by atoms with Gasteiger partial charge in [-0.25, -0.2) is 5.01 Å². The topological polar surface area (TPSA) is 83.8 Å². The van der Waals surface area contributed by atoms with Crippen LogP contribution in [-0.2, 0) is 0 Å². The molecule has 2 N–H and O–H groups in total. The number of methoxy groups -OCH3 is 2. The van der Waals surface area contributed by atoms with E-state index in [1.165, 1.54) is 7.11 Å². The number of phenols is 2. The van der Waals surface area contributed by atoms with Crippen LogP contribution in [0.5, 0.6) is 28.7 Å². The number of aryl methyl sites for hydroxylation is 1. The predicted octanol–water partition coefficient (Wildman–Crippen LogP) is 4.67. The lowest BCUT2D eigenvalue weighted by molar-refractivity contribution is -0.0210. The summed E-state index contributed by atoms with van der Waals surface area (Å²) in [7, 11) is 3.12. The Labute approximate surface area is 186 Å². The molecule has 2 aliphatic heterocycles. The van der Waals surface area contributed by atoms with Gasteiger partial charge < -0.3 is 24.4 Å². The number of fused-ring (bicyclic) bond motifs is 3. The molecule has 7 heteroatoms. The number of phenolic OH excluding ortho intramolecular Hbond substituents is 2. The SMILES string of the molecule is COc1cc([C@@H]2Oc3c(OC)cccc3[C@@H]3CC(c4cc(C)ccc4O)=NN32)ccc1O. The molecule has 3 aromatic rings. The summed E-state index contributed by atoms with van der Waals surface area (Å²) in [5.41, 5.74) is 4.29. The lowest BCUT2D eigenvalue weighted by Crippen LogP contribution is -2.33. The second-order valence-electron chi connectivity index (χ2n) is 7.95. The maximum atomic E-state index is 10.5. The van der Waals surface area contributed by atoms with Crippen LogP contribution >= 0.6 is 0 Å². The van der Waals surface area contributed by atoms with E-state index in [2.05, 4.69) is 0 Å². The van der Waals surface area contributed by atoms with Gasteiger partial charge in [0.2, 0.25) is 6.23 Å². The molecule has 0 fully saturated rings. The van der Waals surface area contributed by atoms with E-state index in [-0.39, 0.29) is 17.5 Å². The van der Waals surface area contributed by atoms with Crippen molar-refractivity contribution in [3.05, 3.63) is 76.9 Å². The average Bonchev–Trinajstić information content (AvgIpc) is 3.25. The van der Waals surface area contributed by atoms with E-state index in [0.29, 0.717) is 29.2 Å². The highest BCUT2D eigenvalue weighted by molar-refractivity contribution is 6.04. The van der Waals surface area contributed by atoms with Gasteiger partial charge in [-0.1, -0.05) is 23.8 Å². The number of rotatable bonds is 4. The van der Waals surface area contributed by atoms with E-state index >= 15 is 0 Å². The van der Waals surface area contributed by atoms with Crippen molar-refractivity contribution in [2.24, 2.45) is 5.10 Å². The van der Waals surface area contributed by atoms with Crippen LogP contribution in [0.4, 0.5) is 0 Å². The number of para-hydroxylation sites is 1. The molecule has 3 aromatic carbocycles. The highest BCUT2D eigenvalue weighted by Crippen LogP contribution is 2.51. The third-order valence-corrected chi connectivity index (χ3v) is 5.95. The zero-order valence-corrected chi connectivity index (χ0v) is 18.1. The fourth-order valence-electron chi connectivity index (χ4n) is 4.36. The first-order valence-corrected chi connectivity index (χ1v) is 10.4. The van der Waals surface area contributed by atoms with E-state index in [4.69, 9.17) is 19.3 Å². The standard InChI is InChI=1S/C25H24N2O5/c1-14-7-9-20(28)17(11-14)18-13-19-16-5-4-6-22(30-2)24(16)32-25(27(19)26-18)15-8-10-21(29)23(12-15)31-3/h4-12,19,25,28-29H,13H2,1-3H3/t19-,25-/m0/s1. The molecule has 164 valence electrons. The Balaban J connectivity index is 1.65. The smallest absolute Gasteiger partial charge is 0.214 e. The maximum absolute atomic E-state index is 10.5. The quantitative estimate of drug-likeness (QED) is 0.624. The summed E-state index contributed by atoms with van der Waals surface area (Å²) in [6.07, 6.45) is 0.0365. The Morgan fingerprint density at radius 2 is 1.75 bits per heavy atom. The van der Waals surface area contributed by atoms with Gasteiger partial charge in [-0.2, -0.15) is 5.10 Å². The third-order valence-electron chi connectivity index (χ3n) is 5.95. The Hall–Kier alpha value is -3.87. The first-order chi connectivity index (χ1) is 15.5. The lowest BCUT2D eigenvalue weighted by Gasteiger charge is -2.38. The number of hydrazone groups is 1. The molecule has 2 atom stereocenters. The molecule has 0 amide bonds. The van der Waals surface area contributed by atoms with Gasteiger partial charge in [-0.3, -0.25) is 0 Å². The van der Waals surface area contributed by atoms with Crippen LogP contribution in [0.15, 0.2) is 59.7 Å². The Morgan fingerprint density at radius 1 is 0.969 bits per heavy atom. The van der Waals surface area contributed by atoms with Crippen molar-refractivity contribution in [3.63, 3.8) is 0 Å². The fraction of sp³-hybridized carbons (Fsp3) is 0.240. The summed E-state index contributed by atoms with van der Waals surface area (Å²) in [6, 6.07) is 16.3. The second-order valence-corrected chi connectivity index (χ2v) is 7.95. The lowest BCUT2D eigenvalue weighted by atomic mass is 9.94. The first kappa shape index (κ1) is 20.1. The van der Waals surface area contributed by atoms with Crippen molar-refractivity contribution in [2.45, 2.75) is 25.6 Å². The molecule has 0 bridgehead atoms. The predicted molar refractivity (Wildman–Crippen MR) is 120 cm³/mol. The molecule has 0 radical (unpaired) electrons. The summed E-state index contributed by atoms with van der Waals surface area (Å²) in [5.74, 6) is 1.91. The minimum atomic E-state index is -0.567. The minimum absolute atomic E-state index is 0.0527. The van der Waals surface area contributed by atoms with Crippen molar-refractivity contribution >= 4 is 5.71 Å². The number of nitrogens with zero attached hydrogens (tertiary/aromatic N) is 2. The van der Waals surface area contributed by atoms with E-state index < -0.39 is 6.23 Å². The van der Waals surface area contributed by atoms with Crippen LogP contribution in [0.2, 0.25) is 0 Å². The van der Waals surface area contributed by atoms with Crippen LogP contribution in [0.3, 0.4) is 0 Å². The summed E-state index contributed by atoms with van der Waals surface area (Å²) >= 11 is 0. The van der Waals surface area contributed by atoms with Gasteiger partial charge in [-0.15, -0.1) is 0 Å². The molecular weight excluding hydrogens is 408 g/mol. The molecule has 0 saturated heterocycles. The largest absolute Gasteiger partial charge is 0.507 e. The Kier molecular flexibility index (Phi) is 4.81. The zero-order valence-electron chi connectivity index (χ0n) is 18.1. The monoisotopic (exact) mass is 432 g/mol. The molecule has 7 nitrogen and oxygen atoms in total. The van der Waals surface area contributed by atoms with Gasteiger partial charge in [0.25, 0.3) is 0 Å². The van der Waals surface area contributed by atoms with E-state index in [9.17, 15) is 10.2 Å². The summed E-state index contributed by atoms with van der Waals surface area (Å²) in [5, 5.41) is 27.3. The number of hydrogen-bond donors (Lipinski definition) is 2. The molecule has 0 spiro atoms. The van der Waals surface area contributed by atoms with Gasteiger partial charge in [0, 0.05) is 23.1 Å². The van der Waals surface area contributed by atoms with E-state index in [0.717, 1.165) is 22.4 Å². The average molecular weight is 432 g/mol. The minimum Gasteiger partial charge on any atom is -0.507 e. The second kappa shape index (κ2) is 7.67. The van der Waals surface area contributed by atoms with E-state index in [1.54, 1.807) is 31.4 Å². The number of hydrogen-bond acceptors (Lipinski definition) is 7. The van der Waals surface area contributed by atoms with Crippen LogP contribution in [0, 0.1) is 6.92 Å². The normalized spacial score (nSPS) is 19.0. The summed E-state index contributed by atoms with van der Waals surface area (Å²) in [6.45, 7) is 1.99. The van der Waals surface area contributed by atoms with Crippen molar-refractivity contribution in [2.75, 3.05) is 14.2 Å². The van der Waals surface area contributed by atoms with Crippen LogP contribution in [0.25, 0.3) is 0 Å². The van der Waals surface area contributed by atoms with Crippen LogP contribution in [-0.4, -0.2) is 35.2 Å². The zero-order chi connectivity index (χ0) is 22.4. The molecule has 0 saturated carbocycles. The fourth-order valence-corrected chi connectivity index (χ4v) is 4.36. The molecule has 32 heavy (non-hydrogen) atoms. The molecular formula is C25H24N2O5. The van der Waals surface area contributed by atoms with Gasteiger partial charge in [0.1, 0.15) is 5.75 Å². The maximum Gasteiger partial charge on any atom is 0.214 e. The molecule has 0 aliphatic carbocycles. The van der Waals surface area contributed by atoms with Crippen molar-refractivity contribution in [1.29, 1.82) is 0 Å². The van der Waals surface area contributed by atoms with E-state index in [1.807, 2.05) is 42.3 Å². The van der Waals surface area contributed by atoms with Crippen molar-refractivity contribution < 1.29 is 24.4 Å². The van der Waals surface area contributed by atoms with Gasteiger partial charge in [0.15, 0.2) is 23.0 Å². The third kappa shape index (κ3) is 3.17. The van der Waals surface area contributed by atoms with Gasteiger partial charge >= 0.3 is 0 Å². The van der Waals surface area contributed by atoms with Crippen molar-refractivity contribution in [1.82, 2.24) is 5.01 Å². The van der Waals surface area contributed by atoms with Crippen LogP contribution in [0.1, 0.15) is 40.9 Å². The molecule has 2 heterocycles. The number of aromatic hydroxyl groups is 2. The van der Waals surface area contributed by atoms with Crippen LogP contribution < -0.4 is 14.2 Å². The number of benzene rings is 3.